The largest absolute Gasteiger partial charge is 0.378 e. The molecule has 7 nitrogen and oxygen atoms in total. The molecule has 1 aromatic heterocycles. The lowest BCUT2D eigenvalue weighted by Crippen LogP contribution is -2.44. The van der Waals surface area contributed by atoms with Gasteiger partial charge >= 0.3 is 0 Å². The van der Waals surface area contributed by atoms with Crippen LogP contribution in [0, 0.1) is 0 Å². The summed E-state index contributed by atoms with van der Waals surface area (Å²) in [6.07, 6.45) is 0.616. The van der Waals surface area contributed by atoms with Gasteiger partial charge in [-0.25, -0.2) is 0 Å². The van der Waals surface area contributed by atoms with Crippen molar-refractivity contribution in [2.45, 2.75) is 26.2 Å². The van der Waals surface area contributed by atoms with Crippen molar-refractivity contribution in [1.29, 1.82) is 0 Å². The van der Waals surface area contributed by atoms with Gasteiger partial charge in [0, 0.05) is 25.4 Å². The van der Waals surface area contributed by atoms with Gasteiger partial charge in [-0.3, -0.25) is 4.99 Å². The zero-order valence-electron chi connectivity index (χ0n) is 11.5. The summed E-state index contributed by atoms with van der Waals surface area (Å²) in [5.74, 6) is 2.19. The highest BCUT2D eigenvalue weighted by Gasteiger charge is 2.12. The van der Waals surface area contributed by atoms with Crippen molar-refractivity contribution in [1.82, 2.24) is 15.0 Å². The molecule has 2 N–H and O–H groups in total. The van der Waals surface area contributed by atoms with E-state index in [0.717, 1.165) is 18.9 Å². The predicted octanol–water partition coefficient (Wildman–Crippen LogP) is 0.382. The first-order valence-electron chi connectivity index (χ1n) is 6.62. The summed E-state index contributed by atoms with van der Waals surface area (Å²) in [6.45, 7) is 7.63. The summed E-state index contributed by atoms with van der Waals surface area (Å²) in [7, 11) is 0. The Morgan fingerprint density at radius 2 is 2.16 bits per heavy atom. The first-order valence-corrected chi connectivity index (χ1v) is 6.62. The van der Waals surface area contributed by atoms with E-state index in [9.17, 15) is 0 Å². The number of hydrogen-bond donors (Lipinski definition) is 1. The standard InChI is InChI=1S/C12H21N5O2/c1-9(2)11-15-10(19-16-11)3-4-14-12(13)17-5-7-18-8-6-17/h9H,3-8H2,1-2H3,(H2,13,14). The number of morpholine rings is 1. The van der Waals surface area contributed by atoms with Crippen LogP contribution in [0.1, 0.15) is 31.5 Å². The molecule has 2 rings (SSSR count). The van der Waals surface area contributed by atoms with Crippen LogP contribution in [-0.4, -0.2) is 53.8 Å². The van der Waals surface area contributed by atoms with Crippen molar-refractivity contribution in [2.24, 2.45) is 10.7 Å². The van der Waals surface area contributed by atoms with E-state index < -0.39 is 0 Å². The maximum absolute atomic E-state index is 5.92. The van der Waals surface area contributed by atoms with Gasteiger partial charge in [0.15, 0.2) is 11.8 Å². The van der Waals surface area contributed by atoms with Crippen LogP contribution in [0.5, 0.6) is 0 Å². The molecule has 0 radical (unpaired) electrons. The van der Waals surface area contributed by atoms with Crippen LogP contribution in [0.2, 0.25) is 0 Å². The van der Waals surface area contributed by atoms with Gasteiger partial charge in [0.05, 0.1) is 19.8 Å². The third kappa shape index (κ3) is 3.92. The molecule has 0 spiro atoms. The van der Waals surface area contributed by atoms with Crippen molar-refractivity contribution in [3.63, 3.8) is 0 Å². The maximum atomic E-state index is 5.92. The molecule has 0 bridgehead atoms. The molecule has 19 heavy (non-hydrogen) atoms. The summed E-state index contributed by atoms with van der Waals surface area (Å²) >= 11 is 0. The number of hydrogen-bond acceptors (Lipinski definition) is 5. The molecular formula is C12H21N5O2. The van der Waals surface area contributed by atoms with Gasteiger partial charge < -0.3 is 19.9 Å². The first kappa shape index (κ1) is 13.8. The average molecular weight is 267 g/mol. The Hall–Kier alpha value is -1.63. The molecule has 1 aliphatic rings. The van der Waals surface area contributed by atoms with Gasteiger partial charge in [0.25, 0.3) is 0 Å². The van der Waals surface area contributed by atoms with E-state index in [1.807, 2.05) is 18.7 Å². The Balaban J connectivity index is 1.80. The number of rotatable bonds is 4. The van der Waals surface area contributed by atoms with Crippen molar-refractivity contribution in [3.05, 3.63) is 11.7 Å². The lowest BCUT2D eigenvalue weighted by atomic mass is 10.2. The van der Waals surface area contributed by atoms with E-state index in [1.54, 1.807) is 0 Å². The fraction of sp³-hybridized carbons (Fsp3) is 0.750. The minimum absolute atomic E-state index is 0.277. The Bertz CT molecular complexity index is 424. The van der Waals surface area contributed by atoms with Crippen LogP contribution >= 0.6 is 0 Å². The fourth-order valence-corrected chi connectivity index (χ4v) is 1.76. The molecular weight excluding hydrogens is 246 g/mol. The average Bonchev–Trinajstić information content (AvgIpc) is 2.89. The lowest BCUT2D eigenvalue weighted by molar-refractivity contribution is 0.0674. The Labute approximate surface area is 112 Å². The maximum Gasteiger partial charge on any atom is 0.228 e. The van der Waals surface area contributed by atoms with Crippen molar-refractivity contribution < 1.29 is 9.26 Å². The van der Waals surface area contributed by atoms with Crippen LogP contribution in [0.3, 0.4) is 0 Å². The van der Waals surface area contributed by atoms with Gasteiger partial charge in [-0.15, -0.1) is 0 Å². The van der Waals surface area contributed by atoms with E-state index in [1.165, 1.54) is 0 Å². The Morgan fingerprint density at radius 3 is 2.79 bits per heavy atom. The smallest absolute Gasteiger partial charge is 0.228 e. The summed E-state index contributed by atoms with van der Waals surface area (Å²) in [6, 6.07) is 0. The Kier molecular flexibility index (Phi) is 4.73. The predicted molar refractivity (Wildman–Crippen MR) is 71.0 cm³/mol. The molecule has 0 amide bonds. The minimum atomic E-state index is 0.277. The third-order valence-electron chi connectivity index (χ3n) is 2.93. The summed E-state index contributed by atoms with van der Waals surface area (Å²) in [5, 5.41) is 3.91. The zero-order valence-corrected chi connectivity index (χ0v) is 11.5. The van der Waals surface area contributed by atoms with Crippen LogP contribution < -0.4 is 5.73 Å². The van der Waals surface area contributed by atoms with Crippen molar-refractivity contribution in [2.75, 3.05) is 32.8 Å². The SMILES string of the molecule is CC(C)c1noc(CCN=C(N)N2CCOCC2)n1. The second-order valence-corrected chi connectivity index (χ2v) is 4.79. The minimum Gasteiger partial charge on any atom is -0.378 e. The van der Waals surface area contributed by atoms with Crippen molar-refractivity contribution in [3.8, 4) is 0 Å². The molecule has 0 unspecified atom stereocenters. The monoisotopic (exact) mass is 267 g/mol. The molecule has 1 fully saturated rings. The second kappa shape index (κ2) is 6.51. The van der Waals surface area contributed by atoms with E-state index in [-0.39, 0.29) is 5.92 Å². The van der Waals surface area contributed by atoms with E-state index in [0.29, 0.717) is 38.0 Å². The Morgan fingerprint density at radius 1 is 1.42 bits per heavy atom. The van der Waals surface area contributed by atoms with E-state index >= 15 is 0 Å². The van der Waals surface area contributed by atoms with Gasteiger partial charge in [-0.05, 0) is 0 Å². The summed E-state index contributed by atoms with van der Waals surface area (Å²) < 4.78 is 10.4. The molecule has 1 aromatic rings. The molecule has 7 heteroatoms. The molecule has 0 saturated carbocycles. The number of aliphatic imine (C=N–C) groups is 1. The topological polar surface area (TPSA) is 89.8 Å². The number of aromatic nitrogens is 2. The molecule has 2 heterocycles. The highest BCUT2D eigenvalue weighted by molar-refractivity contribution is 5.78. The molecule has 1 aliphatic heterocycles. The molecule has 0 aromatic carbocycles. The van der Waals surface area contributed by atoms with Gasteiger partial charge in [-0.2, -0.15) is 4.98 Å². The molecule has 0 atom stereocenters. The van der Waals surface area contributed by atoms with Gasteiger partial charge in [-0.1, -0.05) is 19.0 Å². The number of guanidine groups is 1. The number of nitrogens with two attached hydrogens (primary N) is 1. The highest BCUT2D eigenvalue weighted by atomic mass is 16.5. The van der Waals surface area contributed by atoms with E-state index in [2.05, 4.69) is 15.1 Å². The van der Waals surface area contributed by atoms with Crippen LogP contribution in [0.25, 0.3) is 0 Å². The van der Waals surface area contributed by atoms with E-state index in [4.69, 9.17) is 15.0 Å². The fourth-order valence-electron chi connectivity index (χ4n) is 1.76. The van der Waals surface area contributed by atoms with Crippen LogP contribution in [-0.2, 0) is 11.2 Å². The first-order chi connectivity index (χ1) is 9.16. The quantitative estimate of drug-likeness (QED) is 0.626. The highest BCUT2D eigenvalue weighted by Crippen LogP contribution is 2.09. The molecule has 1 saturated heterocycles. The lowest BCUT2D eigenvalue weighted by Gasteiger charge is -2.27. The summed E-state index contributed by atoms with van der Waals surface area (Å²) in [5.41, 5.74) is 5.92. The zero-order chi connectivity index (χ0) is 13.7. The van der Waals surface area contributed by atoms with Crippen molar-refractivity contribution >= 4 is 5.96 Å². The third-order valence-corrected chi connectivity index (χ3v) is 2.93. The van der Waals surface area contributed by atoms with Gasteiger partial charge in [0.2, 0.25) is 5.89 Å². The summed E-state index contributed by atoms with van der Waals surface area (Å²) in [4.78, 5) is 10.7. The number of nitrogens with zero attached hydrogens (tertiary/aromatic N) is 4. The second-order valence-electron chi connectivity index (χ2n) is 4.79. The van der Waals surface area contributed by atoms with Crippen LogP contribution in [0.15, 0.2) is 9.52 Å². The molecule has 106 valence electrons. The van der Waals surface area contributed by atoms with Crippen LogP contribution in [0.4, 0.5) is 0 Å². The molecule has 0 aliphatic carbocycles. The van der Waals surface area contributed by atoms with Gasteiger partial charge in [0.1, 0.15) is 0 Å². The number of ether oxygens (including phenoxy) is 1. The normalized spacial score (nSPS) is 17.2.